The van der Waals surface area contributed by atoms with Gasteiger partial charge in [0.2, 0.25) is 0 Å². The predicted molar refractivity (Wildman–Crippen MR) is 71.4 cm³/mol. The average molecular weight is 282 g/mol. The number of aliphatic hydroxyl groups is 1. The van der Waals surface area contributed by atoms with Crippen LogP contribution in [-0.2, 0) is 16.1 Å². The minimum absolute atomic E-state index is 0.00916. The molecule has 1 amide bonds. The number of hydrogen-bond acceptors (Lipinski definition) is 6. The van der Waals surface area contributed by atoms with Crippen molar-refractivity contribution < 1.29 is 24.2 Å². The number of carbonyl (C=O) groups excluding carboxylic acids is 2. The summed E-state index contributed by atoms with van der Waals surface area (Å²) < 4.78 is 9.64. The van der Waals surface area contributed by atoms with E-state index in [1.165, 1.54) is 19.2 Å². The van der Waals surface area contributed by atoms with Crippen LogP contribution >= 0.6 is 0 Å². The van der Waals surface area contributed by atoms with Crippen molar-refractivity contribution in [2.45, 2.75) is 33.0 Å². The minimum Gasteiger partial charge on any atom is -0.464 e. The zero-order valence-corrected chi connectivity index (χ0v) is 11.9. The van der Waals surface area contributed by atoms with Crippen molar-refractivity contribution in [3.63, 3.8) is 0 Å². The van der Waals surface area contributed by atoms with Crippen LogP contribution < -0.4 is 5.32 Å². The molecule has 0 aliphatic heterocycles. The van der Waals surface area contributed by atoms with E-state index in [0.29, 0.717) is 5.69 Å². The Morgan fingerprint density at radius 2 is 2.00 bits per heavy atom. The molecule has 7 nitrogen and oxygen atoms in total. The first-order chi connectivity index (χ1) is 9.25. The zero-order chi connectivity index (χ0) is 15.3. The normalized spacial score (nSPS) is 10.8. The van der Waals surface area contributed by atoms with E-state index in [4.69, 9.17) is 9.84 Å². The SMILES string of the molecule is COC(=O)c1cc(NC(=O)OC(C)(C)C)cc(CO)n1. The monoisotopic (exact) mass is 282 g/mol. The number of anilines is 1. The van der Waals surface area contributed by atoms with Gasteiger partial charge in [0.1, 0.15) is 5.60 Å². The molecule has 7 heteroatoms. The lowest BCUT2D eigenvalue weighted by Gasteiger charge is -2.19. The third-order valence-electron chi connectivity index (χ3n) is 2.08. The second-order valence-corrected chi connectivity index (χ2v) is 5.01. The van der Waals surface area contributed by atoms with E-state index in [1.54, 1.807) is 20.8 Å². The molecule has 110 valence electrons. The second-order valence-electron chi connectivity index (χ2n) is 5.01. The Hall–Kier alpha value is -2.15. The average Bonchev–Trinajstić information content (AvgIpc) is 2.34. The molecule has 20 heavy (non-hydrogen) atoms. The van der Waals surface area contributed by atoms with Crippen molar-refractivity contribution in [1.82, 2.24) is 4.98 Å². The molecule has 0 fully saturated rings. The van der Waals surface area contributed by atoms with E-state index in [0.717, 1.165) is 0 Å². The summed E-state index contributed by atoms with van der Waals surface area (Å²) in [5.41, 5.74) is -0.120. The van der Waals surface area contributed by atoms with Crippen LogP contribution in [0.5, 0.6) is 0 Å². The Bertz CT molecular complexity index is 508. The van der Waals surface area contributed by atoms with Gasteiger partial charge >= 0.3 is 12.1 Å². The fourth-order valence-electron chi connectivity index (χ4n) is 1.37. The predicted octanol–water partition coefficient (Wildman–Crippen LogP) is 1.71. The highest BCUT2D eigenvalue weighted by Gasteiger charge is 2.17. The highest BCUT2D eigenvalue weighted by molar-refractivity contribution is 5.91. The number of methoxy groups -OCH3 is 1. The van der Waals surface area contributed by atoms with Crippen LogP contribution in [0.1, 0.15) is 37.0 Å². The third-order valence-corrected chi connectivity index (χ3v) is 2.08. The molecule has 0 aliphatic carbocycles. The van der Waals surface area contributed by atoms with Gasteiger partial charge in [-0.2, -0.15) is 0 Å². The number of rotatable bonds is 3. The van der Waals surface area contributed by atoms with Gasteiger partial charge in [-0.15, -0.1) is 0 Å². The van der Waals surface area contributed by atoms with E-state index in [2.05, 4.69) is 15.0 Å². The van der Waals surface area contributed by atoms with Crippen LogP contribution in [0, 0.1) is 0 Å². The quantitative estimate of drug-likeness (QED) is 0.819. The Morgan fingerprint density at radius 3 is 2.50 bits per heavy atom. The summed E-state index contributed by atoms with van der Waals surface area (Å²) in [5.74, 6) is -0.660. The number of hydrogen-bond donors (Lipinski definition) is 2. The van der Waals surface area contributed by atoms with Crippen molar-refractivity contribution in [3.05, 3.63) is 23.5 Å². The molecule has 1 heterocycles. The van der Waals surface area contributed by atoms with Crippen LogP contribution in [0.2, 0.25) is 0 Å². The van der Waals surface area contributed by atoms with Crippen LogP contribution in [-0.4, -0.2) is 34.9 Å². The molecule has 0 radical (unpaired) electrons. The van der Waals surface area contributed by atoms with Gasteiger partial charge < -0.3 is 14.6 Å². The largest absolute Gasteiger partial charge is 0.464 e. The van der Waals surface area contributed by atoms with E-state index in [-0.39, 0.29) is 18.0 Å². The molecule has 0 saturated carbocycles. The summed E-state index contributed by atoms with van der Waals surface area (Å²) >= 11 is 0. The first-order valence-corrected chi connectivity index (χ1v) is 5.95. The second kappa shape index (κ2) is 6.33. The molecule has 1 aromatic rings. The summed E-state index contributed by atoms with van der Waals surface area (Å²) in [6.07, 6.45) is -0.664. The number of aromatic nitrogens is 1. The lowest BCUT2D eigenvalue weighted by molar-refractivity contribution is 0.0589. The highest BCUT2D eigenvalue weighted by Crippen LogP contribution is 2.15. The number of pyridine rings is 1. The Labute approximate surface area is 116 Å². The van der Waals surface area contributed by atoms with Crippen molar-refractivity contribution in [1.29, 1.82) is 0 Å². The third kappa shape index (κ3) is 4.85. The smallest absolute Gasteiger partial charge is 0.412 e. The molecule has 2 N–H and O–H groups in total. The topological polar surface area (TPSA) is 97.8 Å². The summed E-state index contributed by atoms with van der Waals surface area (Å²) in [6, 6.07) is 2.78. The van der Waals surface area contributed by atoms with Crippen LogP contribution in [0.25, 0.3) is 0 Å². The number of ether oxygens (including phenoxy) is 2. The van der Waals surface area contributed by atoms with Crippen molar-refractivity contribution in [3.8, 4) is 0 Å². The molecular formula is C13H18N2O5. The van der Waals surface area contributed by atoms with Gasteiger partial charge in [0.05, 0.1) is 19.4 Å². The van der Waals surface area contributed by atoms with Gasteiger partial charge in [0.15, 0.2) is 5.69 Å². The molecule has 1 rings (SSSR count). The first-order valence-electron chi connectivity index (χ1n) is 5.95. The number of nitrogens with zero attached hydrogens (tertiary/aromatic N) is 1. The molecule has 0 saturated heterocycles. The van der Waals surface area contributed by atoms with Gasteiger partial charge in [-0.1, -0.05) is 0 Å². The van der Waals surface area contributed by atoms with Gasteiger partial charge in [0.25, 0.3) is 0 Å². The van der Waals surface area contributed by atoms with Crippen LogP contribution in [0.3, 0.4) is 0 Å². The van der Waals surface area contributed by atoms with Crippen molar-refractivity contribution >= 4 is 17.7 Å². The highest BCUT2D eigenvalue weighted by atomic mass is 16.6. The van der Waals surface area contributed by atoms with E-state index >= 15 is 0 Å². The van der Waals surface area contributed by atoms with Crippen molar-refractivity contribution in [2.75, 3.05) is 12.4 Å². The van der Waals surface area contributed by atoms with Gasteiger partial charge in [0, 0.05) is 5.69 Å². The number of carbonyl (C=O) groups is 2. The number of aliphatic hydroxyl groups excluding tert-OH is 1. The molecule has 0 unspecified atom stereocenters. The Kier molecular flexibility index (Phi) is 5.04. The summed E-state index contributed by atoms with van der Waals surface area (Å²) in [7, 11) is 1.22. The lowest BCUT2D eigenvalue weighted by Crippen LogP contribution is -2.27. The van der Waals surface area contributed by atoms with Crippen LogP contribution in [0.15, 0.2) is 12.1 Å². The van der Waals surface area contributed by atoms with E-state index in [9.17, 15) is 9.59 Å². The maximum Gasteiger partial charge on any atom is 0.412 e. The van der Waals surface area contributed by atoms with Gasteiger partial charge in [-0.05, 0) is 32.9 Å². The first kappa shape index (κ1) is 15.9. The standard InChI is InChI=1S/C13H18N2O5/c1-13(2,3)20-12(18)15-8-5-9(7-16)14-10(6-8)11(17)19-4/h5-6,16H,7H2,1-4H3,(H,14,15,18). The minimum atomic E-state index is -0.664. The summed E-state index contributed by atoms with van der Waals surface area (Å²) in [6.45, 7) is 4.84. The molecule has 1 aromatic heterocycles. The number of amides is 1. The molecule has 0 bridgehead atoms. The zero-order valence-electron chi connectivity index (χ0n) is 11.9. The van der Waals surface area contributed by atoms with Gasteiger partial charge in [-0.3, -0.25) is 5.32 Å². The molecule has 0 aromatic carbocycles. The fourth-order valence-corrected chi connectivity index (χ4v) is 1.37. The van der Waals surface area contributed by atoms with Crippen molar-refractivity contribution in [2.24, 2.45) is 0 Å². The summed E-state index contributed by atoms with van der Waals surface area (Å²) in [5, 5.41) is 11.6. The molecule has 0 aliphatic rings. The maximum atomic E-state index is 11.6. The van der Waals surface area contributed by atoms with Gasteiger partial charge in [-0.25, -0.2) is 14.6 Å². The fraction of sp³-hybridized carbons (Fsp3) is 0.462. The molecule has 0 spiro atoms. The molecule has 0 atom stereocenters. The molecular weight excluding hydrogens is 264 g/mol. The lowest BCUT2D eigenvalue weighted by atomic mass is 10.2. The number of esters is 1. The number of nitrogens with one attached hydrogen (secondary N) is 1. The van der Waals surface area contributed by atoms with E-state index in [1.807, 2.05) is 0 Å². The van der Waals surface area contributed by atoms with E-state index < -0.39 is 17.7 Å². The summed E-state index contributed by atoms with van der Waals surface area (Å²) in [4.78, 5) is 27.0. The Balaban J connectivity index is 2.94. The maximum absolute atomic E-state index is 11.6. The Morgan fingerprint density at radius 1 is 1.35 bits per heavy atom. The van der Waals surface area contributed by atoms with Crippen LogP contribution in [0.4, 0.5) is 10.5 Å².